The van der Waals surface area contributed by atoms with Gasteiger partial charge in [-0.3, -0.25) is 0 Å². The lowest BCUT2D eigenvalue weighted by atomic mass is 10.0. The Morgan fingerprint density at radius 3 is 2.62 bits per heavy atom. The normalized spacial score (nSPS) is 30.1. The average molecular weight is 184 g/mol. The SMILES string of the molecule is CC1CCC(C=C(CO)C(C)C)O1. The predicted octanol–water partition coefficient (Wildman–Crippen LogP) is 2.13. The third-order valence-electron chi connectivity index (χ3n) is 2.59. The van der Waals surface area contributed by atoms with Crippen molar-refractivity contribution in [1.29, 1.82) is 0 Å². The third kappa shape index (κ3) is 3.12. The Morgan fingerprint density at radius 1 is 1.54 bits per heavy atom. The molecule has 2 atom stereocenters. The van der Waals surface area contributed by atoms with Crippen LogP contribution in [0.2, 0.25) is 0 Å². The van der Waals surface area contributed by atoms with Crippen LogP contribution in [0.15, 0.2) is 11.6 Å². The first-order chi connectivity index (χ1) is 6.13. The highest BCUT2D eigenvalue weighted by atomic mass is 16.5. The first-order valence-electron chi connectivity index (χ1n) is 5.10. The van der Waals surface area contributed by atoms with Gasteiger partial charge in [-0.05, 0) is 31.3 Å². The molecule has 1 fully saturated rings. The zero-order chi connectivity index (χ0) is 9.84. The summed E-state index contributed by atoms with van der Waals surface area (Å²) in [5.41, 5.74) is 1.10. The van der Waals surface area contributed by atoms with E-state index < -0.39 is 0 Å². The summed E-state index contributed by atoms with van der Waals surface area (Å²) in [4.78, 5) is 0. The van der Waals surface area contributed by atoms with Crippen molar-refractivity contribution >= 4 is 0 Å². The minimum Gasteiger partial charge on any atom is -0.392 e. The summed E-state index contributed by atoms with van der Waals surface area (Å²) in [6.45, 7) is 6.45. The minimum atomic E-state index is 0.159. The van der Waals surface area contributed by atoms with Crippen LogP contribution < -0.4 is 0 Å². The van der Waals surface area contributed by atoms with E-state index in [4.69, 9.17) is 9.84 Å². The van der Waals surface area contributed by atoms with Crippen LogP contribution in [-0.2, 0) is 4.74 Å². The molecule has 0 spiro atoms. The number of aliphatic hydroxyl groups is 1. The molecule has 0 aromatic rings. The minimum absolute atomic E-state index is 0.159. The van der Waals surface area contributed by atoms with Crippen molar-refractivity contribution in [3.63, 3.8) is 0 Å². The van der Waals surface area contributed by atoms with Crippen LogP contribution in [0.25, 0.3) is 0 Å². The molecule has 1 aliphatic heterocycles. The maximum atomic E-state index is 9.10. The Labute approximate surface area is 80.6 Å². The lowest BCUT2D eigenvalue weighted by Crippen LogP contribution is -2.09. The summed E-state index contributed by atoms with van der Waals surface area (Å²) in [5.74, 6) is 0.421. The second kappa shape index (κ2) is 4.77. The van der Waals surface area contributed by atoms with Gasteiger partial charge in [0.05, 0.1) is 18.8 Å². The average Bonchev–Trinajstić information content (AvgIpc) is 2.46. The van der Waals surface area contributed by atoms with Crippen LogP contribution in [0.5, 0.6) is 0 Å². The van der Waals surface area contributed by atoms with Crippen LogP contribution in [0.1, 0.15) is 33.6 Å². The lowest BCUT2D eigenvalue weighted by molar-refractivity contribution is 0.0821. The molecule has 0 saturated carbocycles. The molecule has 2 unspecified atom stereocenters. The van der Waals surface area contributed by atoms with E-state index in [1.807, 2.05) is 0 Å². The highest BCUT2D eigenvalue weighted by molar-refractivity contribution is 5.09. The fourth-order valence-corrected chi connectivity index (χ4v) is 1.62. The molecule has 1 heterocycles. The van der Waals surface area contributed by atoms with Gasteiger partial charge in [0.15, 0.2) is 0 Å². The first-order valence-corrected chi connectivity index (χ1v) is 5.10. The van der Waals surface area contributed by atoms with Gasteiger partial charge in [0.2, 0.25) is 0 Å². The van der Waals surface area contributed by atoms with E-state index in [0.29, 0.717) is 12.0 Å². The molecule has 0 amide bonds. The Kier molecular flexibility index (Phi) is 3.94. The van der Waals surface area contributed by atoms with Crippen molar-refractivity contribution in [2.24, 2.45) is 5.92 Å². The zero-order valence-corrected chi connectivity index (χ0v) is 8.79. The monoisotopic (exact) mass is 184 g/mol. The second-order valence-electron chi connectivity index (χ2n) is 4.12. The Morgan fingerprint density at radius 2 is 2.23 bits per heavy atom. The Hall–Kier alpha value is -0.340. The van der Waals surface area contributed by atoms with Crippen molar-refractivity contribution in [3.8, 4) is 0 Å². The fourth-order valence-electron chi connectivity index (χ4n) is 1.62. The summed E-state index contributed by atoms with van der Waals surface area (Å²) in [7, 11) is 0. The van der Waals surface area contributed by atoms with Gasteiger partial charge in [-0.25, -0.2) is 0 Å². The van der Waals surface area contributed by atoms with Gasteiger partial charge in [-0.1, -0.05) is 19.9 Å². The topological polar surface area (TPSA) is 29.5 Å². The molecular weight excluding hydrogens is 164 g/mol. The van der Waals surface area contributed by atoms with Gasteiger partial charge < -0.3 is 9.84 Å². The van der Waals surface area contributed by atoms with Gasteiger partial charge in [-0.2, -0.15) is 0 Å². The summed E-state index contributed by atoms with van der Waals surface area (Å²) < 4.78 is 5.66. The number of hydrogen-bond acceptors (Lipinski definition) is 2. The highest BCUT2D eigenvalue weighted by Crippen LogP contribution is 2.22. The quantitative estimate of drug-likeness (QED) is 0.681. The summed E-state index contributed by atoms with van der Waals surface area (Å²) in [6.07, 6.45) is 4.94. The van der Waals surface area contributed by atoms with Crippen LogP contribution in [0.4, 0.5) is 0 Å². The lowest BCUT2D eigenvalue weighted by Gasteiger charge is -2.12. The molecule has 0 bridgehead atoms. The Balaban J connectivity index is 2.52. The van der Waals surface area contributed by atoms with E-state index >= 15 is 0 Å². The van der Waals surface area contributed by atoms with Crippen LogP contribution in [0.3, 0.4) is 0 Å². The molecule has 1 rings (SSSR count). The van der Waals surface area contributed by atoms with Gasteiger partial charge in [0.25, 0.3) is 0 Å². The van der Waals surface area contributed by atoms with E-state index in [2.05, 4.69) is 26.8 Å². The van der Waals surface area contributed by atoms with E-state index in [1.165, 1.54) is 0 Å². The second-order valence-corrected chi connectivity index (χ2v) is 4.12. The maximum absolute atomic E-state index is 9.10. The number of ether oxygens (including phenoxy) is 1. The van der Waals surface area contributed by atoms with Crippen molar-refractivity contribution < 1.29 is 9.84 Å². The van der Waals surface area contributed by atoms with Gasteiger partial charge >= 0.3 is 0 Å². The third-order valence-corrected chi connectivity index (χ3v) is 2.59. The van der Waals surface area contributed by atoms with E-state index in [-0.39, 0.29) is 12.7 Å². The molecular formula is C11H20O2. The van der Waals surface area contributed by atoms with Crippen molar-refractivity contribution in [2.75, 3.05) is 6.61 Å². The van der Waals surface area contributed by atoms with Crippen molar-refractivity contribution in [3.05, 3.63) is 11.6 Å². The molecule has 0 radical (unpaired) electrons. The molecule has 1 aliphatic rings. The van der Waals surface area contributed by atoms with E-state index in [1.54, 1.807) is 0 Å². The molecule has 76 valence electrons. The number of aliphatic hydroxyl groups excluding tert-OH is 1. The van der Waals surface area contributed by atoms with Crippen molar-refractivity contribution in [1.82, 2.24) is 0 Å². The van der Waals surface area contributed by atoms with Crippen LogP contribution >= 0.6 is 0 Å². The van der Waals surface area contributed by atoms with Gasteiger partial charge in [0.1, 0.15) is 0 Å². The summed E-state index contributed by atoms with van der Waals surface area (Å²) in [6, 6.07) is 0. The molecule has 1 N–H and O–H groups in total. The molecule has 0 aromatic carbocycles. The fraction of sp³-hybridized carbons (Fsp3) is 0.818. The first kappa shape index (κ1) is 10.7. The summed E-state index contributed by atoms with van der Waals surface area (Å²) >= 11 is 0. The largest absolute Gasteiger partial charge is 0.392 e. The molecule has 0 aliphatic carbocycles. The van der Waals surface area contributed by atoms with E-state index in [0.717, 1.165) is 18.4 Å². The smallest absolute Gasteiger partial charge is 0.0763 e. The van der Waals surface area contributed by atoms with Crippen molar-refractivity contribution in [2.45, 2.75) is 45.8 Å². The Bertz CT molecular complexity index is 185. The molecule has 2 nitrogen and oxygen atoms in total. The molecule has 0 aromatic heterocycles. The summed E-state index contributed by atoms with van der Waals surface area (Å²) in [5, 5.41) is 9.10. The number of rotatable bonds is 3. The predicted molar refractivity (Wildman–Crippen MR) is 53.6 cm³/mol. The maximum Gasteiger partial charge on any atom is 0.0763 e. The van der Waals surface area contributed by atoms with Gasteiger partial charge in [-0.15, -0.1) is 0 Å². The molecule has 2 heteroatoms. The van der Waals surface area contributed by atoms with Crippen LogP contribution in [0, 0.1) is 5.92 Å². The molecule has 1 saturated heterocycles. The number of hydrogen-bond donors (Lipinski definition) is 1. The highest BCUT2D eigenvalue weighted by Gasteiger charge is 2.20. The standard InChI is InChI=1S/C11H20O2/c1-8(2)10(7-12)6-11-5-4-9(3)13-11/h6,8-9,11-12H,4-5,7H2,1-3H3. The zero-order valence-electron chi connectivity index (χ0n) is 8.79. The van der Waals surface area contributed by atoms with Gasteiger partial charge in [0, 0.05) is 0 Å². The van der Waals surface area contributed by atoms with E-state index in [9.17, 15) is 0 Å². The van der Waals surface area contributed by atoms with Crippen LogP contribution in [-0.4, -0.2) is 23.9 Å². The molecule has 13 heavy (non-hydrogen) atoms.